The summed E-state index contributed by atoms with van der Waals surface area (Å²) in [4.78, 5) is 40.9. The van der Waals surface area contributed by atoms with Gasteiger partial charge < -0.3 is 20.9 Å². The second kappa shape index (κ2) is 11.9. The van der Waals surface area contributed by atoms with E-state index in [1.165, 1.54) is 0 Å². The minimum atomic E-state index is -0.867. The largest absolute Gasteiger partial charge is 0.355 e. The predicted molar refractivity (Wildman–Crippen MR) is 168 cm³/mol. The summed E-state index contributed by atoms with van der Waals surface area (Å²) in [6, 6.07) is 13.7. The molecule has 1 aliphatic heterocycles. The molecule has 2 heterocycles. The number of hydrogen-bond acceptors (Lipinski definition) is 8. The van der Waals surface area contributed by atoms with Crippen molar-refractivity contribution in [3.8, 4) is 6.07 Å². The molecule has 3 amide bonds. The fourth-order valence-corrected chi connectivity index (χ4v) is 8.15. The second-order valence-electron chi connectivity index (χ2n) is 13.2. The molecule has 12 heteroatoms. The zero-order chi connectivity index (χ0) is 32.0. The van der Waals surface area contributed by atoms with Crippen molar-refractivity contribution in [1.29, 1.82) is 5.26 Å². The highest BCUT2D eigenvalue weighted by Gasteiger charge is 2.54. The lowest BCUT2D eigenvalue weighted by Crippen LogP contribution is -2.50. The molecule has 0 unspecified atom stereocenters. The number of piperidine rings is 1. The topological polar surface area (TPSA) is 169 Å². The molecule has 4 atom stereocenters. The number of hydrogen-bond donors (Lipinski definition) is 4. The number of rotatable bonds is 9. The molecule has 3 aliphatic carbocycles. The molecule has 238 valence electrons. The number of fused-ring (bicyclic) bond motifs is 3. The van der Waals surface area contributed by atoms with Gasteiger partial charge in [0.05, 0.1) is 18.0 Å². The van der Waals surface area contributed by atoms with Gasteiger partial charge in [0, 0.05) is 37.3 Å². The predicted octanol–water partition coefficient (Wildman–Crippen LogP) is 2.01. The number of likely N-dealkylation sites (tertiary alicyclic amines) is 1. The minimum Gasteiger partial charge on any atom is -0.355 e. The molecule has 0 radical (unpaired) electrons. The van der Waals surface area contributed by atoms with Crippen molar-refractivity contribution < 1.29 is 14.4 Å². The summed E-state index contributed by atoms with van der Waals surface area (Å²) in [5.41, 5.74) is 4.27. The van der Waals surface area contributed by atoms with Crippen molar-refractivity contribution in [2.45, 2.75) is 74.9 Å². The average molecular weight is 622 g/mol. The summed E-state index contributed by atoms with van der Waals surface area (Å²) < 4.78 is 0. The Morgan fingerprint density at radius 2 is 1.67 bits per heavy atom. The molecule has 46 heavy (non-hydrogen) atoms. The molecule has 2 saturated carbocycles. The Balaban J connectivity index is 1.33. The number of aromatic amines is 1. The summed E-state index contributed by atoms with van der Waals surface area (Å²) in [5.74, 6) is 1.01. The van der Waals surface area contributed by atoms with Crippen LogP contribution in [0.2, 0.25) is 0 Å². The maximum atomic E-state index is 13.6. The van der Waals surface area contributed by atoms with Gasteiger partial charge in [-0.3, -0.25) is 14.4 Å². The van der Waals surface area contributed by atoms with Crippen molar-refractivity contribution in [3.63, 3.8) is 0 Å². The quantitative estimate of drug-likeness (QED) is 0.281. The molecule has 3 fully saturated rings. The lowest BCUT2D eigenvalue weighted by atomic mass is 9.64. The molecule has 4 aliphatic rings. The van der Waals surface area contributed by atoms with E-state index in [1.54, 1.807) is 14.1 Å². The first-order chi connectivity index (χ1) is 22.4. The molecule has 12 nitrogen and oxygen atoms in total. The van der Waals surface area contributed by atoms with E-state index >= 15 is 0 Å². The number of carbonyl (C=O) groups is 3. The van der Waals surface area contributed by atoms with Crippen molar-refractivity contribution in [2.75, 3.05) is 20.6 Å². The van der Waals surface area contributed by atoms with Gasteiger partial charge in [0.2, 0.25) is 5.91 Å². The molecule has 1 saturated heterocycles. The number of aromatic nitrogens is 4. The molecule has 3 aromatic rings. The van der Waals surface area contributed by atoms with E-state index in [2.05, 4.69) is 42.6 Å². The Hall–Kier alpha value is -4.63. The van der Waals surface area contributed by atoms with E-state index in [4.69, 9.17) is 0 Å². The number of nitrogens with zero attached hydrogens (tertiary/aromatic N) is 5. The van der Waals surface area contributed by atoms with Gasteiger partial charge in [-0.15, -0.1) is 5.10 Å². The normalized spacial score (nSPS) is 23.1. The first-order valence-electron chi connectivity index (χ1n) is 16.3. The molecule has 2 aromatic carbocycles. The second-order valence-corrected chi connectivity index (χ2v) is 13.2. The van der Waals surface area contributed by atoms with Crippen LogP contribution >= 0.6 is 0 Å². The van der Waals surface area contributed by atoms with Gasteiger partial charge in [-0.1, -0.05) is 18.6 Å². The highest BCUT2D eigenvalue weighted by molar-refractivity contribution is 5.95. The number of aryl methyl sites for hydroxylation is 2. The third-order valence-corrected chi connectivity index (χ3v) is 10.8. The van der Waals surface area contributed by atoms with Gasteiger partial charge in [-0.25, -0.2) is 5.10 Å². The summed E-state index contributed by atoms with van der Waals surface area (Å²) >= 11 is 0. The Labute approximate surface area is 267 Å². The summed E-state index contributed by atoms with van der Waals surface area (Å²) in [6.07, 6.45) is 6.81. The minimum absolute atomic E-state index is 0.0247. The number of amides is 3. The van der Waals surface area contributed by atoms with Crippen LogP contribution in [0.1, 0.15) is 87.3 Å². The van der Waals surface area contributed by atoms with E-state index in [0.717, 1.165) is 54.4 Å². The van der Waals surface area contributed by atoms with E-state index < -0.39 is 5.41 Å². The lowest BCUT2D eigenvalue weighted by molar-refractivity contribution is -0.131. The summed E-state index contributed by atoms with van der Waals surface area (Å²) in [7, 11) is 3.24. The maximum Gasteiger partial charge on any atom is 0.251 e. The molecular weight excluding hydrogens is 582 g/mol. The molecule has 7 rings (SSSR count). The van der Waals surface area contributed by atoms with Gasteiger partial charge in [0.1, 0.15) is 6.04 Å². The van der Waals surface area contributed by atoms with E-state index in [-0.39, 0.29) is 42.4 Å². The number of H-pyrrole nitrogens is 1. The first-order valence-corrected chi connectivity index (χ1v) is 16.3. The number of benzene rings is 2. The van der Waals surface area contributed by atoms with Crippen LogP contribution in [0.3, 0.4) is 0 Å². The van der Waals surface area contributed by atoms with Crippen LogP contribution in [0.5, 0.6) is 0 Å². The molecular formula is C34H39N9O3. The highest BCUT2D eigenvalue weighted by atomic mass is 16.2. The van der Waals surface area contributed by atoms with Crippen LogP contribution in [0.15, 0.2) is 36.4 Å². The lowest BCUT2D eigenvalue weighted by Gasteiger charge is -2.42. The van der Waals surface area contributed by atoms with Gasteiger partial charge in [0.15, 0.2) is 5.82 Å². The molecule has 4 N–H and O–H groups in total. The maximum absolute atomic E-state index is 13.6. The first kappa shape index (κ1) is 30.0. The van der Waals surface area contributed by atoms with Gasteiger partial charge in [-0.2, -0.15) is 5.26 Å². The van der Waals surface area contributed by atoms with Crippen LogP contribution in [-0.2, 0) is 23.1 Å². The zero-order valence-corrected chi connectivity index (χ0v) is 26.2. The fraction of sp³-hybridized carbons (Fsp3) is 0.500. The Kier molecular flexibility index (Phi) is 7.80. The number of nitrogens with one attached hydrogen (secondary N) is 4. The summed E-state index contributed by atoms with van der Waals surface area (Å²) in [6.45, 7) is 0.151. The molecule has 0 spiro atoms. The molecule has 0 bridgehead atoms. The summed E-state index contributed by atoms with van der Waals surface area (Å²) in [5, 5.41) is 34.5. The van der Waals surface area contributed by atoms with Crippen molar-refractivity contribution in [3.05, 3.63) is 75.6 Å². The van der Waals surface area contributed by atoms with Crippen molar-refractivity contribution in [1.82, 2.24) is 41.5 Å². The van der Waals surface area contributed by atoms with E-state index in [9.17, 15) is 19.6 Å². The molecule has 1 aromatic heterocycles. The zero-order valence-electron chi connectivity index (χ0n) is 26.2. The fourth-order valence-electron chi connectivity index (χ4n) is 8.15. The standard InChI is InChI=1S/C34H39N9O3/c1-36-31(45)22-8-10-26-20(12-22)6-7-21-13-23(32(46)37-2)9-11-27(21)34(26,33-39-41-42-40-33)16-28(19-4-3-5-19)38-18-30(44)43-25(17-35)14-24-15-29(24)43/h8-13,19,24-25,28-29,38H,3-7,14-16,18H2,1-2H3,(H,36,45)(H,37,46)(H,39,40,41,42)/t24-,25+,28+,29+/m1/s1. The van der Waals surface area contributed by atoms with E-state index in [1.807, 2.05) is 41.3 Å². The van der Waals surface area contributed by atoms with Crippen LogP contribution in [0.25, 0.3) is 0 Å². The Morgan fingerprint density at radius 3 is 2.20 bits per heavy atom. The monoisotopic (exact) mass is 621 g/mol. The van der Waals surface area contributed by atoms with Crippen LogP contribution in [0, 0.1) is 23.2 Å². The average Bonchev–Trinajstić information content (AvgIpc) is 3.44. The van der Waals surface area contributed by atoms with Gasteiger partial charge in [0.25, 0.3) is 11.8 Å². The van der Waals surface area contributed by atoms with Crippen LogP contribution in [-0.4, -0.2) is 82.0 Å². The van der Waals surface area contributed by atoms with Crippen LogP contribution < -0.4 is 16.0 Å². The van der Waals surface area contributed by atoms with Crippen LogP contribution in [0.4, 0.5) is 0 Å². The SMILES string of the molecule is CNC(=O)c1ccc2c(c1)CCc1cc(C(=O)NC)ccc1C2(C[C@H](NCC(=O)N1[C@H](C#N)C[C@@H]2C[C@@H]21)C1CCC1)c1nnn[nH]1. The smallest absolute Gasteiger partial charge is 0.251 e. The van der Waals surface area contributed by atoms with Crippen molar-refractivity contribution >= 4 is 17.7 Å². The van der Waals surface area contributed by atoms with Gasteiger partial charge in [-0.05, 0) is 114 Å². The van der Waals surface area contributed by atoms with E-state index in [0.29, 0.717) is 48.0 Å². The Bertz CT molecular complexity index is 1640. The van der Waals surface area contributed by atoms with Crippen molar-refractivity contribution in [2.24, 2.45) is 11.8 Å². The van der Waals surface area contributed by atoms with Gasteiger partial charge >= 0.3 is 0 Å². The highest BCUT2D eigenvalue weighted by Crippen LogP contribution is 2.50. The number of carbonyl (C=O) groups excluding carboxylic acids is 3. The number of nitriles is 1. The number of tetrazole rings is 1. The Morgan fingerprint density at radius 1 is 1.02 bits per heavy atom. The third kappa shape index (κ3) is 5.03. The third-order valence-electron chi connectivity index (χ3n) is 10.8.